The lowest BCUT2D eigenvalue weighted by Gasteiger charge is -2.40. The fraction of sp³-hybridized carbons (Fsp3) is 0.273. The minimum Gasteiger partial charge on any atom is -0.497 e. The number of H-pyrrole nitrogens is 1. The van der Waals surface area contributed by atoms with Gasteiger partial charge >= 0.3 is 5.69 Å². The molecule has 1 aromatic heterocycles. The van der Waals surface area contributed by atoms with Gasteiger partial charge in [0.1, 0.15) is 28.8 Å². The highest BCUT2D eigenvalue weighted by molar-refractivity contribution is 5.50. The lowest BCUT2D eigenvalue weighted by atomic mass is 9.79. The number of aliphatic hydroxyl groups excluding tert-OH is 1. The Bertz CT molecular complexity index is 1680. The summed E-state index contributed by atoms with van der Waals surface area (Å²) in [7, 11) is 3.22. The zero-order valence-electron chi connectivity index (χ0n) is 23.9. The van der Waals surface area contributed by atoms with E-state index in [0.29, 0.717) is 17.1 Å². The van der Waals surface area contributed by atoms with Crippen LogP contribution in [0.15, 0.2) is 107 Å². The number of ether oxygens (including phenoxy) is 5. The molecule has 10 nitrogen and oxygen atoms in total. The highest BCUT2D eigenvalue weighted by atomic mass is 16.6. The van der Waals surface area contributed by atoms with Crippen molar-refractivity contribution in [3.8, 4) is 11.5 Å². The standard InChI is InChI=1S/C33H32N2O8/c1-21-19-35(31(38)34-29(21)37)30-27-28(36)32(43-30,17-18-41-27)20-42-33(22-7-5-4-6-8-22,23-9-13-25(39-2)14-10-23)24-11-15-26(40-3)16-12-24/h4-19,27-28,30,36H,20H2,1-3H3,(H,34,37,38)/t27-,28+,30-,32-/m1/s1. The van der Waals surface area contributed by atoms with Crippen LogP contribution in [0.2, 0.25) is 0 Å². The van der Waals surface area contributed by atoms with E-state index in [1.807, 2.05) is 78.9 Å². The molecule has 0 radical (unpaired) electrons. The molecule has 1 fully saturated rings. The van der Waals surface area contributed by atoms with Crippen molar-refractivity contribution in [1.29, 1.82) is 0 Å². The summed E-state index contributed by atoms with van der Waals surface area (Å²) in [5.41, 5.74) is -0.930. The summed E-state index contributed by atoms with van der Waals surface area (Å²) in [5.74, 6) is 1.38. The van der Waals surface area contributed by atoms with Crippen molar-refractivity contribution in [3.63, 3.8) is 0 Å². The fourth-order valence-electron chi connectivity index (χ4n) is 5.77. The molecular weight excluding hydrogens is 552 g/mol. The fourth-order valence-corrected chi connectivity index (χ4v) is 5.77. The van der Waals surface area contributed by atoms with Crippen molar-refractivity contribution in [2.45, 2.75) is 36.6 Å². The second-order valence-electron chi connectivity index (χ2n) is 10.6. The highest BCUT2D eigenvalue weighted by Gasteiger charge is 2.58. The summed E-state index contributed by atoms with van der Waals surface area (Å²) in [6, 6.07) is 25.0. The Morgan fingerprint density at radius 2 is 1.49 bits per heavy atom. The normalized spacial score (nSPS) is 22.7. The van der Waals surface area contributed by atoms with Gasteiger partial charge in [0.25, 0.3) is 5.56 Å². The third-order valence-corrected chi connectivity index (χ3v) is 8.13. The Morgan fingerprint density at radius 3 is 2.07 bits per heavy atom. The minimum atomic E-state index is -1.38. The first-order valence-electron chi connectivity index (χ1n) is 13.8. The van der Waals surface area contributed by atoms with E-state index in [0.717, 1.165) is 16.7 Å². The van der Waals surface area contributed by atoms with Gasteiger partial charge in [0.05, 0.1) is 27.1 Å². The SMILES string of the molecule is COc1ccc(C(OC[C@@]23C=CO[C@@H]([C@H](n4cc(C)c(=O)[nH]c4=O)O2)[C@@H]3O)(c2ccccc2)c2ccc(OC)cc2)cc1. The minimum absolute atomic E-state index is 0.120. The lowest BCUT2D eigenvalue weighted by Crippen LogP contribution is -2.50. The molecule has 6 rings (SSSR count). The first-order chi connectivity index (χ1) is 20.8. The number of benzene rings is 3. The summed E-state index contributed by atoms with van der Waals surface area (Å²) in [6.07, 6.45) is 1.32. The van der Waals surface area contributed by atoms with Gasteiger partial charge in [-0.2, -0.15) is 0 Å². The van der Waals surface area contributed by atoms with E-state index in [-0.39, 0.29) is 6.61 Å². The van der Waals surface area contributed by atoms with Crippen LogP contribution < -0.4 is 20.7 Å². The smallest absolute Gasteiger partial charge is 0.330 e. The molecule has 1 saturated heterocycles. The van der Waals surface area contributed by atoms with E-state index in [9.17, 15) is 14.7 Å². The molecule has 3 aromatic carbocycles. The van der Waals surface area contributed by atoms with Crippen molar-refractivity contribution in [3.05, 3.63) is 140 Å². The van der Waals surface area contributed by atoms with Gasteiger partial charge in [0.2, 0.25) is 0 Å². The molecule has 2 aliphatic heterocycles. The van der Waals surface area contributed by atoms with E-state index in [2.05, 4.69) is 4.98 Å². The van der Waals surface area contributed by atoms with Gasteiger partial charge < -0.3 is 28.8 Å². The Morgan fingerprint density at radius 1 is 0.907 bits per heavy atom. The van der Waals surface area contributed by atoms with Crippen LogP contribution in [0.25, 0.3) is 0 Å². The van der Waals surface area contributed by atoms with Crippen molar-refractivity contribution in [2.75, 3.05) is 20.8 Å². The molecule has 4 atom stereocenters. The van der Waals surface area contributed by atoms with E-state index in [1.54, 1.807) is 27.2 Å². The maximum absolute atomic E-state index is 12.8. The molecule has 222 valence electrons. The average Bonchev–Trinajstić information content (AvgIpc) is 3.17. The first-order valence-corrected chi connectivity index (χ1v) is 13.8. The monoisotopic (exact) mass is 584 g/mol. The number of aliphatic hydroxyl groups is 1. The highest BCUT2D eigenvalue weighted by Crippen LogP contribution is 2.47. The molecule has 0 spiro atoms. The second-order valence-corrected chi connectivity index (χ2v) is 10.6. The molecular formula is C33H32N2O8. The van der Waals surface area contributed by atoms with Crippen molar-refractivity contribution < 1.29 is 28.8 Å². The van der Waals surface area contributed by atoms with Gasteiger partial charge in [-0.15, -0.1) is 0 Å². The van der Waals surface area contributed by atoms with E-state index in [1.165, 1.54) is 17.0 Å². The van der Waals surface area contributed by atoms with Crippen LogP contribution in [0, 0.1) is 6.92 Å². The summed E-state index contributed by atoms with van der Waals surface area (Å²) in [5, 5.41) is 11.5. The van der Waals surface area contributed by atoms with Gasteiger partial charge in [0.15, 0.2) is 12.3 Å². The van der Waals surface area contributed by atoms with Crippen molar-refractivity contribution in [2.24, 2.45) is 0 Å². The summed E-state index contributed by atoms with van der Waals surface area (Å²) in [4.78, 5) is 27.1. The zero-order chi connectivity index (χ0) is 30.2. The van der Waals surface area contributed by atoms with Crippen LogP contribution >= 0.6 is 0 Å². The Hall–Kier alpha value is -4.64. The maximum Gasteiger partial charge on any atom is 0.330 e. The van der Waals surface area contributed by atoms with Crippen LogP contribution in [-0.4, -0.2) is 53.3 Å². The average molecular weight is 585 g/mol. The van der Waals surface area contributed by atoms with Crippen LogP contribution in [-0.2, 0) is 19.8 Å². The largest absolute Gasteiger partial charge is 0.497 e. The topological polar surface area (TPSA) is 121 Å². The number of aromatic nitrogens is 2. The molecule has 0 aliphatic carbocycles. The number of nitrogens with zero attached hydrogens (tertiary/aromatic N) is 1. The molecule has 0 amide bonds. The molecule has 2 aliphatic rings. The Kier molecular flexibility index (Phi) is 7.43. The van der Waals surface area contributed by atoms with E-state index >= 15 is 0 Å². The van der Waals surface area contributed by atoms with Gasteiger partial charge in [-0.1, -0.05) is 54.6 Å². The van der Waals surface area contributed by atoms with Crippen LogP contribution in [0.3, 0.4) is 0 Å². The number of methoxy groups -OCH3 is 2. The van der Waals surface area contributed by atoms with Gasteiger partial charge in [-0.05, 0) is 54.0 Å². The number of aromatic amines is 1. The third-order valence-electron chi connectivity index (χ3n) is 8.13. The maximum atomic E-state index is 12.8. The molecule has 43 heavy (non-hydrogen) atoms. The lowest BCUT2D eigenvalue weighted by molar-refractivity contribution is -0.136. The molecule has 3 heterocycles. The number of hydrogen-bond acceptors (Lipinski definition) is 8. The van der Waals surface area contributed by atoms with Crippen molar-refractivity contribution in [1.82, 2.24) is 9.55 Å². The molecule has 10 heteroatoms. The number of aryl methyl sites for hydroxylation is 1. The number of hydrogen-bond donors (Lipinski definition) is 2. The van der Waals surface area contributed by atoms with Crippen LogP contribution in [0.4, 0.5) is 0 Å². The van der Waals surface area contributed by atoms with E-state index < -0.39 is 40.9 Å². The number of rotatable bonds is 9. The molecule has 2 bridgehead atoms. The third kappa shape index (κ3) is 4.83. The summed E-state index contributed by atoms with van der Waals surface area (Å²) in [6.45, 7) is 1.47. The van der Waals surface area contributed by atoms with E-state index in [4.69, 9.17) is 23.7 Å². The first kappa shape index (κ1) is 28.5. The Balaban J connectivity index is 1.46. The Labute approximate surface area is 247 Å². The number of fused-ring (bicyclic) bond motifs is 2. The molecule has 0 saturated carbocycles. The second kappa shape index (κ2) is 11.2. The van der Waals surface area contributed by atoms with Crippen LogP contribution in [0.1, 0.15) is 28.5 Å². The zero-order valence-corrected chi connectivity index (χ0v) is 23.9. The quantitative estimate of drug-likeness (QED) is 0.287. The van der Waals surface area contributed by atoms with Gasteiger partial charge in [-0.25, -0.2) is 4.79 Å². The molecule has 4 aromatic rings. The predicted octanol–water partition coefficient (Wildman–Crippen LogP) is 3.41. The summed E-state index contributed by atoms with van der Waals surface area (Å²) >= 11 is 0. The molecule has 0 unspecified atom stereocenters. The number of nitrogens with one attached hydrogen (secondary N) is 1. The van der Waals surface area contributed by atoms with Gasteiger partial charge in [-0.3, -0.25) is 14.3 Å². The van der Waals surface area contributed by atoms with Crippen LogP contribution in [0.5, 0.6) is 11.5 Å². The van der Waals surface area contributed by atoms with Crippen molar-refractivity contribution >= 4 is 0 Å². The van der Waals surface area contributed by atoms with Gasteiger partial charge in [0, 0.05) is 11.8 Å². The predicted molar refractivity (Wildman–Crippen MR) is 157 cm³/mol. The summed E-state index contributed by atoms with van der Waals surface area (Å²) < 4.78 is 31.3. The molecule has 2 N–H and O–H groups in total.